The number of carbonyl (C=O) groups is 2. The summed E-state index contributed by atoms with van der Waals surface area (Å²) in [5.41, 5.74) is 3.99. The summed E-state index contributed by atoms with van der Waals surface area (Å²) in [4.78, 5) is 30.9. The molecule has 2 aromatic carbocycles. The van der Waals surface area contributed by atoms with E-state index in [0.29, 0.717) is 16.8 Å². The number of ether oxygens (including phenoxy) is 1. The van der Waals surface area contributed by atoms with Crippen LogP contribution in [0.4, 0.5) is 17.2 Å². The highest BCUT2D eigenvalue weighted by molar-refractivity contribution is 6.05. The third-order valence-corrected chi connectivity index (χ3v) is 4.96. The van der Waals surface area contributed by atoms with Gasteiger partial charge < -0.3 is 15.0 Å². The first kappa shape index (κ1) is 18.7. The second-order valence-corrected chi connectivity index (χ2v) is 6.81. The minimum atomic E-state index is -0.413. The summed E-state index contributed by atoms with van der Waals surface area (Å²) in [6.07, 6.45) is 3.75. The molecule has 0 unspecified atom stereocenters. The molecule has 0 atom stereocenters. The molecule has 1 N–H and O–H groups in total. The highest BCUT2D eigenvalue weighted by Gasteiger charge is 2.19. The first-order valence-electron chi connectivity index (χ1n) is 9.47. The van der Waals surface area contributed by atoms with Crippen molar-refractivity contribution >= 4 is 29.1 Å². The summed E-state index contributed by atoms with van der Waals surface area (Å²) < 4.78 is 4.68. The molecule has 29 heavy (non-hydrogen) atoms. The Morgan fingerprint density at radius 2 is 1.83 bits per heavy atom. The third-order valence-electron chi connectivity index (χ3n) is 4.96. The number of pyridine rings is 1. The molecule has 0 fully saturated rings. The number of rotatable bonds is 4. The molecular weight excluding hydrogens is 366 g/mol. The van der Waals surface area contributed by atoms with Gasteiger partial charge in [0.15, 0.2) is 0 Å². The van der Waals surface area contributed by atoms with E-state index in [1.54, 1.807) is 42.6 Å². The number of carbonyl (C=O) groups excluding carboxylic acids is 2. The van der Waals surface area contributed by atoms with Crippen molar-refractivity contribution in [1.82, 2.24) is 4.98 Å². The summed E-state index contributed by atoms with van der Waals surface area (Å²) in [5.74, 6) is 0.110. The molecule has 0 saturated heterocycles. The SMILES string of the molecule is COC(=O)c1ccc(NC(=O)c2ccnc(N3CCCc4ccccc43)c2)cc1. The number of fused-ring (bicyclic) bond motifs is 1. The van der Waals surface area contributed by atoms with Crippen molar-refractivity contribution in [2.45, 2.75) is 12.8 Å². The number of amides is 1. The van der Waals surface area contributed by atoms with E-state index in [0.717, 1.165) is 30.9 Å². The van der Waals surface area contributed by atoms with Crippen molar-refractivity contribution in [3.63, 3.8) is 0 Å². The van der Waals surface area contributed by atoms with Crippen molar-refractivity contribution < 1.29 is 14.3 Å². The number of nitrogens with one attached hydrogen (secondary N) is 1. The Morgan fingerprint density at radius 3 is 2.62 bits per heavy atom. The number of para-hydroxylation sites is 1. The predicted molar refractivity (Wildman–Crippen MR) is 112 cm³/mol. The van der Waals surface area contributed by atoms with E-state index in [1.165, 1.54) is 12.7 Å². The Kier molecular flexibility index (Phi) is 5.24. The van der Waals surface area contributed by atoms with E-state index in [1.807, 2.05) is 12.1 Å². The van der Waals surface area contributed by atoms with E-state index in [-0.39, 0.29) is 5.91 Å². The smallest absolute Gasteiger partial charge is 0.337 e. The fourth-order valence-corrected chi connectivity index (χ4v) is 3.49. The number of anilines is 3. The van der Waals surface area contributed by atoms with Gasteiger partial charge in [0.25, 0.3) is 5.91 Å². The molecule has 1 aliphatic heterocycles. The number of hydrogen-bond acceptors (Lipinski definition) is 5. The molecule has 1 aromatic heterocycles. The van der Waals surface area contributed by atoms with Gasteiger partial charge in [-0.2, -0.15) is 0 Å². The van der Waals surface area contributed by atoms with E-state index in [9.17, 15) is 9.59 Å². The number of nitrogens with zero attached hydrogens (tertiary/aromatic N) is 2. The quantitative estimate of drug-likeness (QED) is 0.679. The molecule has 6 heteroatoms. The maximum absolute atomic E-state index is 12.7. The highest BCUT2D eigenvalue weighted by Crippen LogP contribution is 2.32. The number of benzene rings is 2. The number of esters is 1. The van der Waals surface area contributed by atoms with Crippen LogP contribution < -0.4 is 10.2 Å². The fourth-order valence-electron chi connectivity index (χ4n) is 3.49. The van der Waals surface area contributed by atoms with Gasteiger partial charge in [-0.1, -0.05) is 18.2 Å². The van der Waals surface area contributed by atoms with Crippen LogP contribution in [0.15, 0.2) is 66.9 Å². The summed E-state index contributed by atoms with van der Waals surface area (Å²) in [5, 5.41) is 2.85. The molecule has 0 aliphatic carbocycles. The van der Waals surface area contributed by atoms with Crippen LogP contribution in [0.5, 0.6) is 0 Å². The van der Waals surface area contributed by atoms with Crippen LogP contribution in [0.25, 0.3) is 0 Å². The third kappa shape index (κ3) is 3.96. The molecule has 1 amide bonds. The van der Waals surface area contributed by atoms with Gasteiger partial charge in [0.2, 0.25) is 0 Å². The summed E-state index contributed by atoms with van der Waals surface area (Å²) >= 11 is 0. The van der Waals surface area contributed by atoms with Crippen molar-refractivity contribution in [2.75, 3.05) is 23.9 Å². The second-order valence-electron chi connectivity index (χ2n) is 6.81. The summed E-state index contributed by atoms with van der Waals surface area (Å²) in [6.45, 7) is 0.865. The van der Waals surface area contributed by atoms with Crippen LogP contribution in [0.2, 0.25) is 0 Å². The van der Waals surface area contributed by atoms with Crippen LogP contribution in [0.3, 0.4) is 0 Å². The summed E-state index contributed by atoms with van der Waals surface area (Å²) in [6, 6.07) is 18.4. The second kappa shape index (κ2) is 8.14. The Bertz CT molecular complexity index is 1050. The highest BCUT2D eigenvalue weighted by atomic mass is 16.5. The number of aryl methyl sites for hydroxylation is 1. The summed E-state index contributed by atoms with van der Waals surface area (Å²) in [7, 11) is 1.33. The van der Waals surface area contributed by atoms with Crippen molar-refractivity contribution in [2.24, 2.45) is 0 Å². The fraction of sp³-hybridized carbons (Fsp3) is 0.174. The van der Waals surface area contributed by atoms with Crippen LogP contribution in [0.1, 0.15) is 32.7 Å². The lowest BCUT2D eigenvalue weighted by Gasteiger charge is -2.30. The van der Waals surface area contributed by atoms with Gasteiger partial charge >= 0.3 is 5.97 Å². The Hall–Kier alpha value is -3.67. The lowest BCUT2D eigenvalue weighted by molar-refractivity contribution is 0.0600. The van der Waals surface area contributed by atoms with Gasteiger partial charge in [-0.05, 0) is 60.9 Å². The zero-order valence-corrected chi connectivity index (χ0v) is 16.1. The minimum absolute atomic E-state index is 0.232. The average molecular weight is 387 g/mol. The maximum Gasteiger partial charge on any atom is 0.337 e. The zero-order chi connectivity index (χ0) is 20.2. The standard InChI is InChI=1S/C23H21N3O3/c1-29-23(28)17-8-10-19(11-9-17)25-22(27)18-12-13-24-21(15-18)26-14-4-6-16-5-2-3-7-20(16)26/h2-3,5,7-13,15H,4,6,14H2,1H3,(H,25,27). The molecular formula is C23H21N3O3. The van der Waals surface area contributed by atoms with Crippen LogP contribution in [-0.2, 0) is 11.2 Å². The van der Waals surface area contributed by atoms with Gasteiger partial charge in [0.1, 0.15) is 5.82 Å². The molecule has 0 radical (unpaired) electrons. The average Bonchev–Trinajstić information content (AvgIpc) is 2.78. The van der Waals surface area contributed by atoms with Crippen LogP contribution in [-0.4, -0.2) is 30.5 Å². The molecule has 3 aromatic rings. The Morgan fingerprint density at radius 1 is 1.03 bits per heavy atom. The Balaban J connectivity index is 1.53. The predicted octanol–water partition coefficient (Wildman–Crippen LogP) is 4.20. The van der Waals surface area contributed by atoms with Gasteiger partial charge in [-0.15, -0.1) is 0 Å². The van der Waals surface area contributed by atoms with Crippen molar-refractivity contribution in [3.8, 4) is 0 Å². The van der Waals surface area contributed by atoms with Crippen LogP contribution in [0, 0.1) is 0 Å². The Labute approximate surface area is 169 Å². The lowest BCUT2D eigenvalue weighted by atomic mass is 10.0. The van der Waals surface area contributed by atoms with Crippen molar-refractivity contribution in [3.05, 3.63) is 83.6 Å². The van der Waals surface area contributed by atoms with E-state index < -0.39 is 5.97 Å². The zero-order valence-electron chi connectivity index (χ0n) is 16.1. The molecule has 6 nitrogen and oxygen atoms in total. The van der Waals surface area contributed by atoms with Gasteiger partial charge in [-0.25, -0.2) is 9.78 Å². The molecule has 0 spiro atoms. The number of aromatic nitrogens is 1. The maximum atomic E-state index is 12.7. The largest absolute Gasteiger partial charge is 0.465 e. The monoisotopic (exact) mass is 387 g/mol. The first-order chi connectivity index (χ1) is 14.2. The van der Waals surface area contributed by atoms with Gasteiger partial charge in [0.05, 0.1) is 12.7 Å². The van der Waals surface area contributed by atoms with Crippen molar-refractivity contribution in [1.29, 1.82) is 0 Å². The molecule has 4 rings (SSSR count). The first-order valence-corrected chi connectivity index (χ1v) is 9.47. The minimum Gasteiger partial charge on any atom is -0.465 e. The van der Waals surface area contributed by atoms with Gasteiger partial charge in [-0.3, -0.25) is 4.79 Å². The van der Waals surface area contributed by atoms with E-state index >= 15 is 0 Å². The lowest BCUT2D eigenvalue weighted by Crippen LogP contribution is -2.25. The van der Waals surface area contributed by atoms with Crippen LogP contribution >= 0.6 is 0 Å². The molecule has 1 aliphatic rings. The number of methoxy groups -OCH3 is 1. The molecule has 2 heterocycles. The molecule has 0 bridgehead atoms. The van der Waals surface area contributed by atoms with E-state index in [2.05, 4.69) is 32.1 Å². The number of hydrogen-bond donors (Lipinski definition) is 1. The molecule has 146 valence electrons. The topological polar surface area (TPSA) is 71.5 Å². The normalized spacial score (nSPS) is 12.8. The van der Waals surface area contributed by atoms with E-state index in [4.69, 9.17) is 0 Å². The van der Waals surface area contributed by atoms with Gasteiger partial charge in [0, 0.05) is 29.7 Å². The molecule has 0 saturated carbocycles.